The van der Waals surface area contributed by atoms with E-state index in [1.54, 1.807) is 50.4 Å². The zero-order chi connectivity index (χ0) is 28.3. The SMILES string of the molecule is COc1ccc(CNC(=O)C(c2ccc(C)o2)N(C(=O)c2snc(C(N)=O)c2N)c2cc(C)cc(C)c2)cc1. The Morgan fingerprint density at radius 2 is 1.72 bits per heavy atom. The number of ether oxygens (including phenoxy) is 1. The van der Waals surface area contributed by atoms with Crippen LogP contribution in [0.3, 0.4) is 0 Å². The van der Waals surface area contributed by atoms with Crippen molar-refractivity contribution >= 4 is 40.6 Å². The molecule has 11 heteroatoms. The third-order valence-corrected chi connectivity index (χ3v) is 6.87. The second-order valence-electron chi connectivity index (χ2n) is 9.08. The van der Waals surface area contributed by atoms with Crippen molar-refractivity contribution in [1.29, 1.82) is 0 Å². The lowest BCUT2D eigenvalue weighted by Crippen LogP contribution is -2.44. The van der Waals surface area contributed by atoms with Crippen molar-refractivity contribution in [1.82, 2.24) is 9.69 Å². The molecule has 0 fully saturated rings. The van der Waals surface area contributed by atoms with Crippen LogP contribution in [0, 0.1) is 20.8 Å². The number of anilines is 2. The highest BCUT2D eigenvalue weighted by Gasteiger charge is 2.38. The number of methoxy groups -OCH3 is 1. The highest BCUT2D eigenvalue weighted by molar-refractivity contribution is 7.09. The van der Waals surface area contributed by atoms with Crippen LogP contribution in [0.25, 0.3) is 0 Å². The van der Waals surface area contributed by atoms with Gasteiger partial charge in [0.2, 0.25) is 0 Å². The predicted octanol–water partition coefficient (Wildman–Crippen LogP) is 4.06. The number of hydrogen-bond acceptors (Lipinski definition) is 8. The molecule has 2 heterocycles. The Kier molecular flexibility index (Phi) is 8.01. The van der Waals surface area contributed by atoms with E-state index in [4.69, 9.17) is 20.6 Å². The fourth-order valence-corrected chi connectivity index (χ4v) is 4.96. The van der Waals surface area contributed by atoms with Crippen LogP contribution < -0.4 is 26.4 Å². The quantitative estimate of drug-likeness (QED) is 0.286. The van der Waals surface area contributed by atoms with Gasteiger partial charge in [-0.15, -0.1) is 0 Å². The van der Waals surface area contributed by atoms with E-state index >= 15 is 0 Å². The number of nitrogen functional groups attached to an aromatic ring is 1. The summed E-state index contributed by atoms with van der Waals surface area (Å²) in [6.45, 7) is 5.73. The smallest absolute Gasteiger partial charge is 0.273 e. The number of benzene rings is 2. The van der Waals surface area contributed by atoms with Crippen LogP contribution in [-0.2, 0) is 11.3 Å². The van der Waals surface area contributed by atoms with Crippen LogP contribution in [0.5, 0.6) is 5.75 Å². The molecule has 2 aromatic carbocycles. The van der Waals surface area contributed by atoms with Crippen LogP contribution in [0.2, 0.25) is 0 Å². The van der Waals surface area contributed by atoms with E-state index in [-0.39, 0.29) is 28.6 Å². The first-order chi connectivity index (χ1) is 18.6. The Bertz CT molecular complexity index is 1510. The van der Waals surface area contributed by atoms with Crippen LogP contribution >= 0.6 is 11.5 Å². The maximum Gasteiger partial charge on any atom is 0.273 e. The molecule has 4 rings (SSSR count). The molecule has 10 nitrogen and oxygen atoms in total. The van der Waals surface area contributed by atoms with E-state index in [0.29, 0.717) is 17.2 Å². The molecule has 0 spiro atoms. The number of nitrogens with two attached hydrogens (primary N) is 2. The molecule has 1 atom stereocenters. The van der Waals surface area contributed by atoms with Gasteiger partial charge in [0.25, 0.3) is 17.7 Å². The number of carbonyl (C=O) groups is 3. The van der Waals surface area contributed by atoms with E-state index in [1.165, 1.54) is 4.90 Å². The standard InChI is InChI=1S/C28H29N5O5S/c1-15-11-16(2)13-19(12-15)33(28(36)25-22(29)23(26(30)34)32-39-25)24(21-10-5-17(3)38-21)27(35)31-14-18-6-8-20(37-4)9-7-18/h5-13,24H,14,29H2,1-4H3,(H2,30,34)(H,31,35). The number of hydrogen-bond donors (Lipinski definition) is 3. The van der Waals surface area contributed by atoms with Crippen LogP contribution in [0.15, 0.2) is 59.0 Å². The molecular formula is C28H29N5O5S. The summed E-state index contributed by atoms with van der Waals surface area (Å²) in [6.07, 6.45) is 0. The lowest BCUT2D eigenvalue weighted by Gasteiger charge is -2.30. The minimum absolute atomic E-state index is 0.0146. The number of carbonyl (C=O) groups excluding carboxylic acids is 3. The molecular weight excluding hydrogens is 518 g/mol. The van der Waals surface area contributed by atoms with E-state index in [0.717, 1.165) is 28.2 Å². The van der Waals surface area contributed by atoms with Gasteiger partial charge in [0, 0.05) is 12.2 Å². The molecule has 0 saturated heterocycles. The van der Waals surface area contributed by atoms with Crippen LogP contribution in [0.1, 0.15) is 54.4 Å². The first-order valence-corrected chi connectivity index (χ1v) is 12.8. The highest BCUT2D eigenvalue weighted by atomic mass is 32.1. The first-order valence-electron chi connectivity index (χ1n) is 12.0. The molecule has 0 bridgehead atoms. The summed E-state index contributed by atoms with van der Waals surface area (Å²) in [5.41, 5.74) is 14.2. The van der Waals surface area contributed by atoms with Crippen molar-refractivity contribution in [2.75, 3.05) is 17.7 Å². The Balaban J connectivity index is 1.80. The van der Waals surface area contributed by atoms with Gasteiger partial charge in [0.1, 0.15) is 22.1 Å². The summed E-state index contributed by atoms with van der Waals surface area (Å²) in [6, 6.07) is 15.0. The summed E-state index contributed by atoms with van der Waals surface area (Å²) in [4.78, 5) is 41.1. The second-order valence-corrected chi connectivity index (χ2v) is 9.85. The van der Waals surface area contributed by atoms with Crippen molar-refractivity contribution in [3.05, 3.63) is 93.4 Å². The van der Waals surface area contributed by atoms with Crippen LogP contribution in [0.4, 0.5) is 11.4 Å². The van der Waals surface area contributed by atoms with Crippen molar-refractivity contribution in [2.45, 2.75) is 33.4 Å². The monoisotopic (exact) mass is 547 g/mol. The molecule has 0 aliphatic rings. The van der Waals surface area contributed by atoms with Gasteiger partial charge in [-0.1, -0.05) is 18.2 Å². The summed E-state index contributed by atoms with van der Waals surface area (Å²) < 4.78 is 15.1. The zero-order valence-corrected chi connectivity index (χ0v) is 22.8. The largest absolute Gasteiger partial charge is 0.497 e. The maximum atomic E-state index is 14.1. The zero-order valence-electron chi connectivity index (χ0n) is 22.0. The third kappa shape index (κ3) is 5.93. The molecule has 3 amide bonds. The number of aromatic nitrogens is 1. The first kappa shape index (κ1) is 27.4. The second kappa shape index (κ2) is 11.4. The van der Waals surface area contributed by atoms with Crippen molar-refractivity contribution in [3.63, 3.8) is 0 Å². The number of rotatable bonds is 9. The number of nitrogens with zero attached hydrogens (tertiary/aromatic N) is 2. The molecule has 0 aliphatic heterocycles. The topological polar surface area (TPSA) is 154 Å². The summed E-state index contributed by atoms with van der Waals surface area (Å²) >= 11 is 0.746. The number of primary amides is 1. The molecule has 0 radical (unpaired) electrons. The number of furan rings is 1. The Morgan fingerprint density at radius 1 is 1.05 bits per heavy atom. The number of nitrogens with one attached hydrogen (secondary N) is 1. The molecule has 39 heavy (non-hydrogen) atoms. The van der Waals surface area contributed by atoms with Gasteiger partial charge in [-0.2, -0.15) is 4.37 Å². The Hall–Kier alpha value is -4.64. The third-order valence-electron chi connectivity index (χ3n) is 6.02. The number of amides is 3. The maximum absolute atomic E-state index is 14.1. The molecule has 2 aromatic heterocycles. The van der Waals surface area contributed by atoms with Crippen molar-refractivity contribution in [2.24, 2.45) is 5.73 Å². The summed E-state index contributed by atoms with van der Waals surface area (Å²) in [5.74, 6) is -0.439. The molecule has 4 aromatic rings. The summed E-state index contributed by atoms with van der Waals surface area (Å²) in [7, 11) is 1.58. The van der Waals surface area contributed by atoms with Gasteiger partial charge in [-0.3, -0.25) is 19.3 Å². The Morgan fingerprint density at radius 3 is 2.26 bits per heavy atom. The molecule has 5 N–H and O–H groups in total. The number of aryl methyl sites for hydroxylation is 3. The van der Waals surface area contributed by atoms with E-state index in [2.05, 4.69) is 9.69 Å². The van der Waals surface area contributed by atoms with Gasteiger partial charge >= 0.3 is 0 Å². The van der Waals surface area contributed by atoms with E-state index in [9.17, 15) is 14.4 Å². The van der Waals surface area contributed by atoms with E-state index < -0.39 is 23.8 Å². The van der Waals surface area contributed by atoms with Crippen molar-refractivity contribution in [3.8, 4) is 5.75 Å². The minimum atomic E-state index is -1.20. The summed E-state index contributed by atoms with van der Waals surface area (Å²) in [5, 5.41) is 2.92. The molecule has 0 aliphatic carbocycles. The lowest BCUT2D eigenvalue weighted by atomic mass is 10.1. The molecule has 0 saturated carbocycles. The van der Waals surface area contributed by atoms with Gasteiger partial charge in [-0.05, 0) is 85.4 Å². The average Bonchev–Trinajstić information content (AvgIpc) is 3.50. The fourth-order valence-electron chi connectivity index (χ4n) is 4.22. The average molecular weight is 548 g/mol. The van der Waals surface area contributed by atoms with Gasteiger partial charge in [0.15, 0.2) is 11.7 Å². The van der Waals surface area contributed by atoms with Gasteiger partial charge < -0.3 is 25.9 Å². The fraction of sp³-hybridized carbons (Fsp3) is 0.214. The normalized spacial score (nSPS) is 11.6. The van der Waals surface area contributed by atoms with Gasteiger partial charge in [-0.25, -0.2) is 0 Å². The van der Waals surface area contributed by atoms with Crippen LogP contribution in [-0.4, -0.2) is 29.2 Å². The minimum Gasteiger partial charge on any atom is -0.497 e. The van der Waals surface area contributed by atoms with Crippen molar-refractivity contribution < 1.29 is 23.5 Å². The molecule has 1 unspecified atom stereocenters. The predicted molar refractivity (Wildman–Crippen MR) is 149 cm³/mol. The van der Waals surface area contributed by atoms with E-state index in [1.807, 2.05) is 32.0 Å². The molecule has 202 valence electrons. The lowest BCUT2D eigenvalue weighted by molar-refractivity contribution is -0.123. The Labute approximate surface area is 229 Å². The van der Waals surface area contributed by atoms with Gasteiger partial charge in [0.05, 0.1) is 12.8 Å². The highest BCUT2D eigenvalue weighted by Crippen LogP contribution is 2.34.